The van der Waals surface area contributed by atoms with E-state index in [2.05, 4.69) is 231 Å². The molecule has 0 spiro atoms. The lowest BCUT2D eigenvalue weighted by molar-refractivity contribution is -0.402. The minimum Gasteiger partial charge on any atom is -0.198 e. The molecule has 4 aliphatic rings. The van der Waals surface area contributed by atoms with Crippen molar-refractivity contribution < 1.29 is 9.15 Å². The smallest absolute Gasteiger partial charge is 0.198 e. The third-order valence-corrected chi connectivity index (χ3v) is 12.5. The van der Waals surface area contributed by atoms with Crippen LogP contribution in [0.15, 0.2) is 119 Å². The summed E-state index contributed by atoms with van der Waals surface area (Å²) in [5.41, 5.74) is 20.5. The Hall–Kier alpha value is -4.30. The molecule has 0 radical (unpaired) electrons. The fraction of sp³-hybridized carbons (Fsp3) is 0.565. The van der Waals surface area contributed by atoms with Crippen molar-refractivity contribution >= 4 is 22.8 Å². The van der Waals surface area contributed by atoms with Crippen molar-refractivity contribution in [3.05, 3.63) is 153 Å². The summed E-state index contributed by atoms with van der Waals surface area (Å²) in [4.78, 5) is 0. The van der Waals surface area contributed by atoms with E-state index in [1.807, 2.05) is 55.4 Å². The van der Waals surface area contributed by atoms with Crippen LogP contribution in [0.25, 0.3) is 0 Å². The molecule has 0 saturated heterocycles. The lowest BCUT2D eigenvalue weighted by atomic mass is 9.78. The van der Waals surface area contributed by atoms with Crippen LogP contribution in [-0.2, 0) is 36.5 Å². The molecule has 0 amide bonds. The second-order valence-electron chi connectivity index (χ2n) is 19.4. The number of aryl methyl sites for hydroxylation is 4. The first-order valence-corrected chi connectivity index (χ1v) is 28.8. The van der Waals surface area contributed by atoms with Gasteiger partial charge in [-0.05, 0) is 143 Å². The van der Waals surface area contributed by atoms with E-state index in [-0.39, 0.29) is 10.8 Å². The SMILES string of the molecule is CC.CC.CC.CC.CC(C)=C(C)C1=[N+](C)c2ccccc2C1(C)C.CC(C)=C(C)C1=[N+](C)c2ccccc2C1(C)C.CCC.CCC.CCC.c1ccc2c(c1)CCCC2.c1ccc2c(c1)CCCC2. The van der Waals surface area contributed by atoms with Crippen molar-refractivity contribution in [3.63, 3.8) is 0 Å². The highest BCUT2D eigenvalue weighted by molar-refractivity contribution is 6.07. The van der Waals surface area contributed by atoms with Gasteiger partial charge in [0.25, 0.3) is 0 Å². The molecular formula is C69H116N2+2. The highest BCUT2D eigenvalue weighted by atomic mass is 15.0. The maximum absolute atomic E-state index is 2.34. The lowest BCUT2D eigenvalue weighted by Gasteiger charge is -2.18. The predicted molar refractivity (Wildman–Crippen MR) is 328 cm³/mol. The van der Waals surface area contributed by atoms with Gasteiger partial charge in [-0.1, -0.05) is 212 Å². The highest BCUT2D eigenvalue weighted by Crippen LogP contribution is 2.42. The molecule has 8 rings (SSSR count). The Morgan fingerprint density at radius 2 is 0.563 bits per heavy atom. The first kappa shape index (κ1) is 71.0. The highest BCUT2D eigenvalue weighted by Gasteiger charge is 2.46. The molecule has 0 unspecified atom stereocenters. The molecule has 2 heterocycles. The van der Waals surface area contributed by atoms with Gasteiger partial charge in [0.05, 0.1) is 10.8 Å². The van der Waals surface area contributed by atoms with E-state index in [4.69, 9.17) is 0 Å². The van der Waals surface area contributed by atoms with E-state index in [0.29, 0.717) is 0 Å². The summed E-state index contributed by atoms with van der Waals surface area (Å²) in [6.45, 7) is 51.2. The van der Waals surface area contributed by atoms with E-state index < -0.39 is 0 Å². The molecule has 2 nitrogen and oxygen atoms in total. The molecule has 0 N–H and O–H groups in total. The van der Waals surface area contributed by atoms with Gasteiger partial charge in [0.2, 0.25) is 11.4 Å². The molecule has 0 aromatic heterocycles. The maximum atomic E-state index is 2.34. The van der Waals surface area contributed by atoms with Crippen LogP contribution in [0.5, 0.6) is 0 Å². The molecule has 2 aliphatic carbocycles. The van der Waals surface area contributed by atoms with E-state index in [1.54, 1.807) is 22.3 Å². The average molecular weight is 974 g/mol. The molecule has 0 fully saturated rings. The second kappa shape index (κ2) is 40.2. The van der Waals surface area contributed by atoms with Gasteiger partial charge >= 0.3 is 0 Å². The van der Waals surface area contributed by atoms with E-state index in [9.17, 15) is 0 Å². The Labute approximate surface area is 444 Å². The zero-order chi connectivity index (χ0) is 55.3. The summed E-state index contributed by atoms with van der Waals surface area (Å²) in [5, 5.41) is 0. The van der Waals surface area contributed by atoms with Crippen LogP contribution in [0.2, 0.25) is 0 Å². The fourth-order valence-corrected chi connectivity index (χ4v) is 9.19. The Morgan fingerprint density at radius 1 is 0.366 bits per heavy atom. The van der Waals surface area contributed by atoms with Crippen LogP contribution in [0.1, 0.15) is 244 Å². The van der Waals surface area contributed by atoms with E-state index in [1.165, 1.54) is 127 Å². The van der Waals surface area contributed by atoms with Gasteiger partial charge < -0.3 is 0 Å². The summed E-state index contributed by atoms with van der Waals surface area (Å²) in [6, 6.07) is 35.0. The molecule has 4 aromatic rings. The first-order valence-electron chi connectivity index (χ1n) is 28.8. The molecule has 0 saturated carbocycles. The molecular weight excluding hydrogens is 857 g/mol. The Kier molecular flexibility index (Phi) is 40.2. The van der Waals surface area contributed by atoms with E-state index >= 15 is 0 Å². The lowest BCUT2D eigenvalue weighted by Crippen LogP contribution is -2.29. The van der Waals surface area contributed by atoms with Gasteiger partial charge in [0.1, 0.15) is 14.1 Å². The molecule has 4 aromatic carbocycles. The number of hydrogen-bond acceptors (Lipinski definition) is 0. The Balaban J connectivity index is -0.000000798. The minimum absolute atomic E-state index is 0.104. The topological polar surface area (TPSA) is 6.02 Å². The number of rotatable bonds is 2. The van der Waals surface area contributed by atoms with Gasteiger partial charge in [0, 0.05) is 34.4 Å². The number of hydrogen-bond donors (Lipinski definition) is 0. The van der Waals surface area contributed by atoms with Gasteiger partial charge in [0.15, 0.2) is 11.4 Å². The summed E-state index contributed by atoms with van der Waals surface area (Å²) in [7, 11) is 4.35. The average Bonchev–Trinajstić information content (AvgIpc) is 3.73. The molecule has 0 bridgehead atoms. The van der Waals surface area contributed by atoms with E-state index in [0.717, 1.165) is 0 Å². The predicted octanol–water partition coefficient (Wildman–Crippen LogP) is 21.6. The van der Waals surface area contributed by atoms with Crippen molar-refractivity contribution in [1.82, 2.24) is 0 Å². The summed E-state index contributed by atoms with van der Waals surface area (Å²) < 4.78 is 4.69. The van der Waals surface area contributed by atoms with Crippen molar-refractivity contribution in [2.45, 2.75) is 248 Å². The zero-order valence-electron chi connectivity index (χ0n) is 51.9. The maximum Gasteiger partial charge on any atom is 0.209 e. The van der Waals surface area contributed by atoms with Crippen molar-refractivity contribution in [2.75, 3.05) is 14.1 Å². The standard InChI is InChI=1S/2C16H22N.2C10H12.3C3H8.4C2H6/c2*1-11(2)12(3)15-16(4,5)13-9-7-8-10-14(13)17(15)6;2*1-2-6-10-8-4-3-7-9(10)5-1;3*1-3-2;4*1-2/h2*7-10H,1-6H3;2*1-2,5-6H,3-4,7-8H2;3*3H2,1-2H3;4*1-2H3/q2*+1;;;;;;;;;. The van der Waals surface area contributed by atoms with Crippen molar-refractivity contribution in [3.8, 4) is 0 Å². The normalized spacial score (nSPS) is 13.9. The molecule has 71 heavy (non-hydrogen) atoms. The zero-order valence-corrected chi connectivity index (χ0v) is 51.9. The van der Waals surface area contributed by atoms with Gasteiger partial charge in [-0.25, -0.2) is 0 Å². The van der Waals surface area contributed by atoms with Crippen molar-refractivity contribution in [2.24, 2.45) is 0 Å². The molecule has 0 atom stereocenters. The van der Waals surface area contributed by atoms with Crippen LogP contribution >= 0.6 is 0 Å². The monoisotopic (exact) mass is 973 g/mol. The van der Waals surface area contributed by atoms with Crippen LogP contribution in [0, 0.1) is 0 Å². The molecule has 400 valence electrons. The number of nitrogens with zero attached hydrogens (tertiary/aromatic N) is 2. The van der Waals surface area contributed by atoms with Crippen LogP contribution in [0.4, 0.5) is 11.4 Å². The number of allylic oxidation sites excluding steroid dienone is 4. The second-order valence-corrected chi connectivity index (χ2v) is 19.4. The van der Waals surface area contributed by atoms with Crippen molar-refractivity contribution in [1.29, 1.82) is 0 Å². The number of fused-ring (bicyclic) bond motifs is 4. The summed E-state index contributed by atoms with van der Waals surface area (Å²) >= 11 is 0. The van der Waals surface area contributed by atoms with Crippen LogP contribution in [0.3, 0.4) is 0 Å². The van der Waals surface area contributed by atoms with Crippen LogP contribution < -0.4 is 0 Å². The quantitative estimate of drug-likeness (QED) is 0.177. The Morgan fingerprint density at radius 3 is 0.761 bits per heavy atom. The van der Waals surface area contributed by atoms with Gasteiger partial charge in [-0.2, -0.15) is 9.15 Å². The Bertz CT molecular complexity index is 1930. The third kappa shape index (κ3) is 22.2. The number of para-hydroxylation sites is 2. The van der Waals surface area contributed by atoms with Gasteiger partial charge in [-0.15, -0.1) is 0 Å². The fourth-order valence-electron chi connectivity index (χ4n) is 9.19. The summed E-state index contributed by atoms with van der Waals surface area (Å²) in [5.74, 6) is 0. The van der Waals surface area contributed by atoms with Crippen LogP contribution in [-0.4, -0.2) is 34.7 Å². The largest absolute Gasteiger partial charge is 0.209 e. The number of benzene rings is 4. The van der Waals surface area contributed by atoms with Gasteiger partial charge in [-0.3, -0.25) is 0 Å². The molecule has 2 aliphatic heterocycles. The summed E-state index contributed by atoms with van der Waals surface area (Å²) in [6.07, 6.45) is 14.5. The molecule has 2 heteroatoms. The minimum atomic E-state index is 0.104. The first-order chi connectivity index (χ1) is 33.9. The third-order valence-electron chi connectivity index (χ3n) is 12.5.